The predicted octanol–water partition coefficient (Wildman–Crippen LogP) is 12.2. The Morgan fingerprint density at radius 1 is 0.432 bits per heavy atom. The molecule has 37 heavy (non-hydrogen) atoms. The van der Waals surface area contributed by atoms with Gasteiger partial charge in [0, 0.05) is 58.6 Å². The number of fused-ring (bicyclic) bond motifs is 21. The Morgan fingerprint density at radius 3 is 1.27 bits per heavy atom. The average molecular weight is 561 g/mol. The monoisotopic (exact) mass is 560 g/mol. The van der Waals surface area contributed by atoms with Crippen LogP contribution in [-0.4, -0.2) is 0 Å². The molecule has 0 atom stereocenters. The third-order valence-electron chi connectivity index (χ3n) is 8.30. The molecule has 0 aliphatic heterocycles. The van der Waals surface area contributed by atoms with Crippen LogP contribution in [-0.2, 0) is 6.42 Å². The molecule has 0 spiro atoms. The van der Waals surface area contributed by atoms with Gasteiger partial charge in [-0.05, 0) is 86.6 Å². The van der Waals surface area contributed by atoms with E-state index in [0.717, 1.165) is 12.8 Å². The van der Waals surface area contributed by atoms with E-state index in [9.17, 15) is 0 Å². The summed E-state index contributed by atoms with van der Waals surface area (Å²) in [4.78, 5) is 0. The van der Waals surface area contributed by atoms with Crippen molar-refractivity contribution in [1.82, 2.24) is 0 Å². The molecule has 5 heteroatoms. The number of thiophene rings is 5. The van der Waals surface area contributed by atoms with Gasteiger partial charge in [0.05, 0.1) is 18.8 Å². The zero-order chi connectivity index (χ0) is 23.8. The molecule has 10 rings (SSSR count). The van der Waals surface area contributed by atoms with Crippen molar-refractivity contribution in [2.75, 3.05) is 0 Å². The molecule has 0 bridgehead atoms. The van der Waals surface area contributed by atoms with Gasteiger partial charge in [0.25, 0.3) is 0 Å². The lowest BCUT2D eigenvalue weighted by molar-refractivity contribution is 1.00. The number of benzene rings is 4. The SMILES string of the molecule is C1=Cc2c(c3sccc3c3c2c2c4ccsc4c4sccc4c2c2c4ccsc4c4sccc4c32)CC1. The Bertz CT molecular complexity index is 2400. The summed E-state index contributed by atoms with van der Waals surface area (Å²) in [5, 5.41) is 27.4. The Labute approximate surface area is 231 Å². The Hall–Kier alpha value is -2.80. The molecule has 1 aliphatic rings. The van der Waals surface area contributed by atoms with E-state index >= 15 is 0 Å². The van der Waals surface area contributed by atoms with Gasteiger partial charge in [0.15, 0.2) is 0 Å². The summed E-state index contributed by atoms with van der Waals surface area (Å²) in [6, 6.07) is 11.9. The molecular weight excluding hydrogens is 545 g/mol. The summed E-state index contributed by atoms with van der Waals surface area (Å²) in [5.74, 6) is 0. The molecule has 5 heterocycles. The molecule has 0 saturated carbocycles. The van der Waals surface area contributed by atoms with Gasteiger partial charge in [-0.25, -0.2) is 0 Å². The number of rotatable bonds is 0. The van der Waals surface area contributed by atoms with E-state index in [2.05, 4.69) is 69.4 Å². The summed E-state index contributed by atoms with van der Waals surface area (Å²) in [7, 11) is 0. The summed E-state index contributed by atoms with van der Waals surface area (Å²) in [5.41, 5.74) is 3.01. The molecule has 0 saturated heterocycles. The van der Waals surface area contributed by atoms with Crippen LogP contribution in [0.3, 0.4) is 0 Å². The lowest BCUT2D eigenvalue weighted by Crippen LogP contribution is -1.98. The van der Waals surface area contributed by atoms with Gasteiger partial charge in [0.1, 0.15) is 0 Å². The Balaban J connectivity index is 1.74. The molecular formula is C32H16S5. The highest BCUT2D eigenvalue weighted by Crippen LogP contribution is 2.54. The minimum Gasteiger partial charge on any atom is -0.143 e. The van der Waals surface area contributed by atoms with Crippen LogP contribution in [0, 0.1) is 0 Å². The van der Waals surface area contributed by atoms with Crippen molar-refractivity contribution in [3.63, 3.8) is 0 Å². The molecule has 0 fully saturated rings. The first-order valence-corrected chi connectivity index (χ1v) is 16.8. The third-order valence-corrected chi connectivity index (χ3v) is 13.3. The first-order chi connectivity index (χ1) is 18.4. The minimum absolute atomic E-state index is 1.13. The van der Waals surface area contributed by atoms with Crippen LogP contribution < -0.4 is 0 Å². The first kappa shape index (κ1) is 20.2. The van der Waals surface area contributed by atoms with Gasteiger partial charge in [0.2, 0.25) is 0 Å². The molecule has 0 unspecified atom stereocenters. The molecule has 1 aliphatic carbocycles. The van der Waals surface area contributed by atoms with E-state index in [-0.39, 0.29) is 0 Å². The molecule has 0 N–H and O–H groups in total. The third kappa shape index (κ3) is 2.31. The maximum absolute atomic E-state index is 2.44. The highest BCUT2D eigenvalue weighted by atomic mass is 32.1. The van der Waals surface area contributed by atoms with E-state index in [1.54, 1.807) is 5.56 Å². The maximum Gasteiger partial charge on any atom is 0.0527 e. The standard InChI is InChI=1S/C32H16S5/c1-2-4-16-15(3-1)22-23(17-5-10-33-28(16)17)25-19-7-12-35-30(19)32-21(9-14-37-32)27(25)26-20-8-13-36-31(20)29-18(24(22)26)6-11-34-29/h1,3,5-14H,2,4H2. The molecule has 9 aromatic rings. The van der Waals surface area contributed by atoms with Gasteiger partial charge in [-0.15, -0.1) is 56.7 Å². The smallest absolute Gasteiger partial charge is 0.0527 e. The van der Waals surface area contributed by atoms with Gasteiger partial charge in [-0.2, -0.15) is 0 Å². The summed E-state index contributed by atoms with van der Waals surface area (Å²) < 4.78 is 7.24. The number of allylic oxidation sites excluding steroid dienone is 1. The Kier molecular flexibility index (Phi) is 3.81. The molecule has 0 amide bonds. The minimum atomic E-state index is 1.13. The van der Waals surface area contributed by atoms with E-state index in [1.807, 2.05) is 56.7 Å². The Morgan fingerprint density at radius 2 is 0.811 bits per heavy atom. The summed E-state index contributed by atoms with van der Waals surface area (Å²) in [6.07, 6.45) is 7.09. The van der Waals surface area contributed by atoms with Gasteiger partial charge in [-0.1, -0.05) is 12.2 Å². The molecule has 0 nitrogen and oxygen atoms in total. The first-order valence-electron chi connectivity index (χ1n) is 12.4. The topological polar surface area (TPSA) is 0 Å². The van der Waals surface area contributed by atoms with Crippen LogP contribution in [0.1, 0.15) is 17.5 Å². The van der Waals surface area contributed by atoms with Crippen molar-refractivity contribution in [1.29, 1.82) is 0 Å². The second kappa shape index (κ2) is 6.99. The lowest BCUT2D eigenvalue weighted by atomic mass is 9.82. The second-order valence-electron chi connectivity index (χ2n) is 9.90. The van der Waals surface area contributed by atoms with Crippen molar-refractivity contribution in [2.24, 2.45) is 0 Å². The van der Waals surface area contributed by atoms with Crippen LogP contribution in [0.15, 0.2) is 63.3 Å². The van der Waals surface area contributed by atoms with E-state index in [4.69, 9.17) is 0 Å². The zero-order valence-corrected chi connectivity index (χ0v) is 23.5. The zero-order valence-electron chi connectivity index (χ0n) is 19.4. The van der Waals surface area contributed by atoms with Crippen molar-refractivity contribution in [3.8, 4) is 0 Å². The van der Waals surface area contributed by atoms with Crippen molar-refractivity contribution in [2.45, 2.75) is 12.8 Å². The van der Waals surface area contributed by atoms with E-state index in [0.29, 0.717) is 0 Å². The van der Waals surface area contributed by atoms with Crippen LogP contribution in [0.5, 0.6) is 0 Å². The van der Waals surface area contributed by atoms with Gasteiger partial charge >= 0.3 is 0 Å². The largest absolute Gasteiger partial charge is 0.143 e. The molecule has 0 radical (unpaired) electrons. The maximum atomic E-state index is 2.44. The molecule has 5 aromatic heterocycles. The fraction of sp³-hybridized carbons (Fsp3) is 0.0625. The fourth-order valence-corrected chi connectivity index (χ4v) is 12.0. The predicted molar refractivity (Wildman–Crippen MR) is 173 cm³/mol. The van der Waals surface area contributed by atoms with Gasteiger partial charge < -0.3 is 0 Å². The van der Waals surface area contributed by atoms with Crippen LogP contribution >= 0.6 is 56.7 Å². The average Bonchev–Trinajstić information content (AvgIpc) is 3.76. The summed E-state index contributed by atoms with van der Waals surface area (Å²) in [6.45, 7) is 0. The fourth-order valence-electron chi connectivity index (χ4n) is 6.97. The lowest BCUT2D eigenvalue weighted by Gasteiger charge is -2.21. The van der Waals surface area contributed by atoms with Crippen molar-refractivity contribution >= 4 is 146 Å². The van der Waals surface area contributed by atoms with Gasteiger partial charge in [-0.3, -0.25) is 0 Å². The van der Waals surface area contributed by atoms with Crippen LogP contribution in [0.25, 0.3) is 88.8 Å². The van der Waals surface area contributed by atoms with Crippen molar-refractivity contribution in [3.05, 3.63) is 74.4 Å². The highest BCUT2D eigenvalue weighted by molar-refractivity contribution is 7.27. The molecule has 4 aromatic carbocycles. The van der Waals surface area contributed by atoms with Crippen LogP contribution in [0.2, 0.25) is 0 Å². The normalized spacial score (nSPS) is 14.2. The van der Waals surface area contributed by atoms with Crippen LogP contribution in [0.4, 0.5) is 0 Å². The molecule has 174 valence electrons. The van der Waals surface area contributed by atoms with E-state index < -0.39 is 0 Å². The number of hydrogen-bond acceptors (Lipinski definition) is 5. The highest BCUT2D eigenvalue weighted by Gasteiger charge is 2.26. The quantitative estimate of drug-likeness (QED) is 0.162. The number of aryl methyl sites for hydroxylation is 1. The second-order valence-corrected chi connectivity index (χ2v) is 14.5. The van der Waals surface area contributed by atoms with E-state index in [1.165, 1.54) is 88.3 Å². The summed E-state index contributed by atoms with van der Waals surface area (Å²) >= 11 is 9.52. The van der Waals surface area contributed by atoms with Crippen molar-refractivity contribution < 1.29 is 0 Å². The number of hydrogen-bond donors (Lipinski definition) is 0.